The molecule has 2 aromatic carbocycles. The van der Waals surface area contributed by atoms with Gasteiger partial charge in [-0.15, -0.1) is 0 Å². The number of carbonyl (C=O) groups is 1. The highest BCUT2D eigenvalue weighted by molar-refractivity contribution is 7.92. The zero-order valence-electron chi connectivity index (χ0n) is 28.5. The fourth-order valence-corrected chi connectivity index (χ4v) is 8.34. The number of aliphatic hydroxyl groups excluding tert-OH is 1. The molecule has 0 spiro atoms. The van der Waals surface area contributed by atoms with Crippen LogP contribution in [-0.2, 0) is 24.8 Å². The van der Waals surface area contributed by atoms with Crippen molar-refractivity contribution in [3.63, 3.8) is 0 Å². The van der Waals surface area contributed by atoms with E-state index in [0.29, 0.717) is 24.5 Å². The number of ether oxygens (including phenoxy) is 2. The molecule has 4 rings (SSSR count). The lowest BCUT2D eigenvalue weighted by atomic mass is 10.0. The van der Waals surface area contributed by atoms with Crippen LogP contribution in [0.25, 0.3) is 0 Å². The molecule has 1 aliphatic rings. The van der Waals surface area contributed by atoms with Gasteiger partial charge in [-0.2, -0.15) is 4.31 Å². The molecular formula is C33H45ClN4O9S2. The Labute approximate surface area is 293 Å². The highest BCUT2D eigenvalue weighted by Gasteiger charge is 2.33. The average Bonchev–Trinajstić information content (AvgIpc) is 3.40. The molecule has 2 N–H and O–H groups in total. The van der Waals surface area contributed by atoms with Gasteiger partial charge >= 0.3 is 0 Å². The summed E-state index contributed by atoms with van der Waals surface area (Å²) in [5, 5.41) is 14.4. The van der Waals surface area contributed by atoms with Crippen molar-refractivity contribution in [2.45, 2.75) is 81.9 Å². The fraction of sp³-hybridized carbons (Fsp3) is 0.515. The van der Waals surface area contributed by atoms with Crippen LogP contribution in [0.2, 0.25) is 5.02 Å². The Morgan fingerprint density at radius 2 is 1.80 bits per heavy atom. The SMILES string of the molecule is Cc1noc(C)c1S(=O)(=O)Nc1ccc2c(c1)C(=O)N([C@H](C)CO)C[C@@H](C)[C@@H](CN(C)S(=O)(=O)c1ccc(Cl)cc1)OCCCC[C@H](C)O2. The summed E-state index contributed by atoms with van der Waals surface area (Å²) in [7, 11) is -6.53. The number of anilines is 1. The van der Waals surface area contributed by atoms with Crippen molar-refractivity contribution in [2.24, 2.45) is 5.92 Å². The number of carbonyl (C=O) groups excluding carboxylic acids is 1. The fourth-order valence-electron chi connectivity index (χ4n) is 5.65. The van der Waals surface area contributed by atoms with Crippen LogP contribution >= 0.6 is 11.6 Å². The summed E-state index contributed by atoms with van der Waals surface area (Å²) in [5.74, 6) is -0.517. The van der Waals surface area contributed by atoms with E-state index in [0.717, 1.165) is 6.42 Å². The lowest BCUT2D eigenvalue weighted by molar-refractivity contribution is -0.00833. The molecule has 0 radical (unpaired) electrons. The Balaban J connectivity index is 1.69. The third-order valence-corrected chi connectivity index (χ3v) is 12.2. The van der Waals surface area contributed by atoms with Gasteiger partial charge in [0.2, 0.25) is 10.0 Å². The number of hydrogen-bond donors (Lipinski definition) is 2. The molecule has 16 heteroatoms. The molecule has 0 fully saturated rings. The molecule has 2 heterocycles. The standard InChI is InChI=1S/C33H45ClN4O9S2/c1-21-18-38(22(2)20-39)33(40)29-17-27(36-48(41,42)32-24(4)35-47-25(32)5)12-15-30(29)46-23(3)9-7-8-16-45-31(21)19-37(6)49(43,44)28-13-10-26(34)11-14-28/h10-15,17,21-23,31,36,39H,7-9,16,18-20H2,1-6H3/t21-,22-,23+,31-/m1/s1. The minimum absolute atomic E-state index is 0.00535. The topological polar surface area (TPSA) is 169 Å². The van der Waals surface area contributed by atoms with Crippen LogP contribution < -0.4 is 9.46 Å². The first kappa shape index (κ1) is 38.6. The molecule has 3 aromatic rings. The van der Waals surface area contributed by atoms with Crippen LogP contribution in [0.4, 0.5) is 5.69 Å². The van der Waals surface area contributed by atoms with Crippen molar-refractivity contribution >= 4 is 43.2 Å². The summed E-state index contributed by atoms with van der Waals surface area (Å²) in [4.78, 5) is 15.9. The smallest absolute Gasteiger partial charge is 0.267 e. The maximum Gasteiger partial charge on any atom is 0.267 e. The molecule has 0 unspecified atom stereocenters. The minimum Gasteiger partial charge on any atom is -0.490 e. The Morgan fingerprint density at radius 1 is 1.10 bits per heavy atom. The number of hydrogen-bond acceptors (Lipinski definition) is 10. The number of aromatic nitrogens is 1. The van der Waals surface area contributed by atoms with E-state index in [4.69, 9.17) is 25.6 Å². The van der Waals surface area contributed by atoms with E-state index in [9.17, 15) is 26.7 Å². The highest BCUT2D eigenvalue weighted by Crippen LogP contribution is 2.31. The van der Waals surface area contributed by atoms with Gasteiger partial charge in [0.25, 0.3) is 15.9 Å². The van der Waals surface area contributed by atoms with Gasteiger partial charge in [-0.25, -0.2) is 16.8 Å². The minimum atomic E-state index is -4.12. The Kier molecular flexibility index (Phi) is 12.8. The van der Waals surface area contributed by atoms with E-state index >= 15 is 0 Å². The summed E-state index contributed by atoms with van der Waals surface area (Å²) in [6.07, 6.45) is 1.16. The van der Waals surface area contributed by atoms with Crippen molar-refractivity contribution < 1.29 is 40.7 Å². The molecule has 4 atom stereocenters. The van der Waals surface area contributed by atoms with Gasteiger partial charge in [0, 0.05) is 43.4 Å². The maximum absolute atomic E-state index is 14.4. The molecule has 49 heavy (non-hydrogen) atoms. The quantitative estimate of drug-likeness (QED) is 0.309. The van der Waals surface area contributed by atoms with Crippen LogP contribution in [-0.4, -0.2) is 93.8 Å². The van der Waals surface area contributed by atoms with Crippen molar-refractivity contribution in [2.75, 3.05) is 38.1 Å². The Hall–Kier alpha value is -3.21. The highest BCUT2D eigenvalue weighted by atomic mass is 35.5. The Morgan fingerprint density at radius 3 is 2.43 bits per heavy atom. The monoisotopic (exact) mass is 740 g/mol. The van der Waals surface area contributed by atoms with Gasteiger partial charge in [-0.05, 0) is 89.4 Å². The zero-order chi connectivity index (χ0) is 36.1. The number of nitrogens with zero attached hydrogens (tertiary/aromatic N) is 3. The Bertz CT molecular complexity index is 1800. The first-order chi connectivity index (χ1) is 23.0. The van der Waals surface area contributed by atoms with Gasteiger partial charge in [-0.1, -0.05) is 23.7 Å². The van der Waals surface area contributed by atoms with E-state index in [1.807, 2.05) is 13.8 Å². The van der Waals surface area contributed by atoms with Crippen molar-refractivity contribution in [1.82, 2.24) is 14.4 Å². The third kappa shape index (κ3) is 9.32. The number of benzene rings is 2. The van der Waals surface area contributed by atoms with Crippen LogP contribution in [0.1, 0.15) is 61.8 Å². The lowest BCUT2D eigenvalue weighted by Gasteiger charge is -2.35. The largest absolute Gasteiger partial charge is 0.490 e. The molecule has 0 bridgehead atoms. The first-order valence-electron chi connectivity index (χ1n) is 16.1. The summed E-state index contributed by atoms with van der Waals surface area (Å²) in [6, 6.07) is 9.73. The number of aliphatic hydroxyl groups is 1. The normalized spacial score (nSPS) is 20.7. The molecular weight excluding hydrogens is 696 g/mol. The first-order valence-corrected chi connectivity index (χ1v) is 19.4. The van der Waals surface area contributed by atoms with E-state index in [2.05, 4.69) is 9.88 Å². The number of likely N-dealkylation sites (N-methyl/N-ethyl adjacent to an activating group) is 1. The second-order valence-electron chi connectivity index (χ2n) is 12.5. The molecule has 270 valence electrons. The third-order valence-electron chi connectivity index (χ3n) is 8.50. The van der Waals surface area contributed by atoms with Crippen molar-refractivity contribution in [3.05, 3.63) is 64.5 Å². The summed E-state index contributed by atoms with van der Waals surface area (Å²) in [6.45, 7) is 8.54. The van der Waals surface area contributed by atoms with Gasteiger partial charge in [-0.3, -0.25) is 9.52 Å². The number of sulfonamides is 2. The summed E-state index contributed by atoms with van der Waals surface area (Å²) < 4.78 is 74.8. The average molecular weight is 741 g/mol. The summed E-state index contributed by atoms with van der Waals surface area (Å²) in [5.41, 5.74) is 0.400. The van der Waals surface area contributed by atoms with Gasteiger partial charge in [0.15, 0.2) is 10.7 Å². The van der Waals surface area contributed by atoms with Crippen molar-refractivity contribution in [1.29, 1.82) is 0 Å². The molecule has 0 saturated carbocycles. The zero-order valence-corrected chi connectivity index (χ0v) is 30.9. The molecule has 0 saturated heterocycles. The van der Waals surface area contributed by atoms with Gasteiger partial charge in [0.1, 0.15) is 11.4 Å². The second-order valence-corrected chi connectivity index (χ2v) is 16.6. The molecule has 1 amide bonds. The van der Waals surface area contributed by atoms with Gasteiger partial charge in [0.05, 0.1) is 35.3 Å². The van der Waals surface area contributed by atoms with Crippen LogP contribution in [0.3, 0.4) is 0 Å². The number of rotatable bonds is 9. The van der Waals surface area contributed by atoms with Crippen LogP contribution in [0.5, 0.6) is 5.75 Å². The van der Waals surface area contributed by atoms with E-state index in [1.165, 1.54) is 66.5 Å². The van der Waals surface area contributed by atoms with Crippen molar-refractivity contribution in [3.8, 4) is 5.75 Å². The maximum atomic E-state index is 14.4. The van der Waals surface area contributed by atoms with Gasteiger partial charge < -0.3 is 24.0 Å². The number of nitrogens with one attached hydrogen (secondary N) is 1. The van der Waals surface area contributed by atoms with E-state index in [-0.39, 0.29) is 64.0 Å². The lowest BCUT2D eigenvalue weighted by Crippen LogP contribution is -2.48. The second kappa shape index (κ2) is 16.2. The number of aryl methyl sites for hydroxylation is 2. The van der Waals surface area contributed by atoms with E-state index in [1.54, 1.807) is 13.0 Å². The van der Waals surface area contributed by atoms with Crippen LogP contribution in [0, 0.1) is 19.8 Å². The predicted molar refractivity (Wildman–Crippen MR) is 185 cm³/mol. The number of fused-ring (bicyclic) bond motifs is 1. The predicted octanol–water partition coefficient (Wildman–Crippen LogP) is 4.86. The number of halogens is 1. The van der Waals surface area contributed by atoms with E-state index < -0.39 is 44.0 Å². The number of amides is 1. The molecule has 1 aromatic heterocycles. The molecule has 13 nitrogen and oxygen atoms in total. The molecule has 0 aliphatic carbocycles. The van der Waals surface area contributed by atoms with Crippen LogP contribution in [0.15, 0.2) is 56.8 Å². The molecule has 1 aliphatic heterocycles. The summed E-state index contributed by atoms with van der Waals surface area (Å²) >= 11 is 5.98.